The molecule has 0 radical (unpaired) electrons. The van der Waals surface area contributed by atoms with Crippen molar-refractivity contribution < 1.29 is 180 Å². The maximum atomic E-state index is 8.44. The minimum absolute atomic E-state index is 0. The van der Waals surface area contributed by atoms with Crippen LogP contribution in [0.25, 0.3) is 0 Å². The van der Waals surface area contributed by atoms with Gasteiger partial charge in [0.15, 0.2) is 0 Å². The zero-order chi connectivity index (χ0) is 10.7. The van der Waals surface area contributed by atoms with Crippen molar-refractivity contribution in [3.8, 4) is 0 Å². The fourth-order valence-electron chi connectivity index (χ4n) is 0. The van der Waals surface area contributed by atoms with Crippen molar-refractivity contribution in [1.82, 2.24) is 0 Å². The first kappa shape index (κ1) is 58.6. The summed E-state index contributed by atoms with van der Waals surface area (Å²) in [4.78, 5) is 25.1. The molecule has 10 nitrogen and oxygen atoms in total. The summed E-state index contributed by atoms with van der Waals surface area (Å²) < 4.78 is 0. The SMILES string of the molecule is O=C([O-])O.O=C([O-])[O-].O=C([O-])[O-].[K+].[Mg+2].[Na+].[Na+].[O-2].[Zn+2]. The Morgan fingerprint density at radius 2 is 0.778 bits per heavy atom. The molecule has 0 saturated heterocycles. The molecule has 0 bridgehead atoms. The van der Waals surface area contributed by atoms with Crippen molar-refractivity contribution in [2.45, 2.75) is 0 Å². The van der Waals surface area contributed by atoms with Crippen LogP contribution in [-0.2, 0) is 25.0 Å². The summed E-state index contributed by atoms with van der Waals surface area (Å²) in [5.41, 5.74) is 0. The van der Waals surface area contributed by atoms with Crippen LogP contribution in [-0.4, -0.2) is 46.6 Å². The van der Waals surface area contributed by atoms with E-state index in [1.165, 1.54) is 0 Å². The summed E-state index contributed by atoms with van der Waals surface area (Å²) >= 11 is 0. The van der Waals surface area contributed by atoms with Crippen LogP contribution in [0.5, 0.6) is 0 Å². The molecule has 0 atom stereocenters. The van der Waals surface area contributed by atoms with E-state index in [1.807, 2.05) is 0 Å². The van der Waals surface area contributed by atoms with E-state index in [1.54, 1.807) is 0 Å². The van der Waals surface area contributed by atoms with Crippen molar-refractivity contribution in [2.75, 3.05) is 0 Å². The fourth-order valence-corrected chi connectivity index (χ4v) is 0. The van der Waals surface area contributed by atoms with Crippen molar-refractivity contribution >= 4 is 41.5 Å². The average molecular weight is 372 g/mol. The third-order valence-corrected chi connectivity index (χ3v) is 0. The molecule has 0 heterocycles. The third-order valence-electron chi connectivity index (χ3n) is 0. The van der Waals surface area contributed by atoms with Gasteiger partial charge < -0.3 is 50.5 Å². The molecule has 0 fully saturated rings. The number of carbonyl (C=O) groups excluding carboxylic acids is 2. The molecular formula is C3HKMgNa2O10Zn. The van der Waals surface area contributed by atoms with Crippen molar-refractivity contribution in [1.29, 1.82) is 0 Å². The first-order chi connectivity index (χ1) is 5.20. The van der Waals surface area contributed by atoms with Crippen LogP contribution in [0.1, 0.15) is 0 Å². The van der Waals surface area contributed by atoms with Gasteiger partial charge in [-0.2, -0.15) is 0 Å². The van der Waals surface area contributed by atoms with E-state index in [0.29, 0.717) is 0 Å². The number of rotatable bonds is 0. The summed E-state index contributed by atoms with van der Waals surface area (Å²) in [7, 11) is 0. The quantitative estimate of drug-likeness (QED) is 0.399. The van der Waals surface area contributed by atoms with Crippen LogP contribution in [0.2, 0.25) is 0 Å². The fraction of sp³-hybridized carbons (Fsp3) is 0. The van der Waals surface area contributed by atoms with Gasteiger partial charge in [0.05, 0.1) is 0 Å². The normalized spacial score (nSPS) is 4.00. The summed E-state index contributed by atoms with van der Waals surface area (Å²) in [6.45, 7) is 0. The van der Waals surface area contributed by atoms with E-state index < -0.39 is 18.5 Å². The van der Waals surface area contributed by atoms with E-state index >= 15 is 0 Å². The van der Waals surface area contributed by atoms with Crippen LogP contribution in [0.15, 0.2) is 0 Å². The molecule has 0 aliphatic heterocycles. The Balaban J connectivity index is -0.00000000827. The minimum Gasteiger partial charge on any atom is -2.00 e. The Hall–Kier alpha value is 2.80. The van der Waals surface area contributed by atoms with Gasteiger partial charge in [-0.15, -0.1) is 0 Å². The third kappa shape index (κ3) is 761. The molecule has 0 amide bonds. The van der Waals surface area contributed by atoms with Gasteiger partial charge in [-0.1, -0.05) is 0 Å². The van der Waals surface area contributed by atoms with Crippen molar-refractivity contribution in [3.05, 3.63) is 0 Å². The van der Waals surface area contributed by atoms with E-state index in [0.717, 1.165) is 0 Å². The molecule has 1 N–H and O–H groups in total. The van der Waals surface area contributed by atoms with E-state index in [9.17, 15) is 0 Å². The zero-order valence-electron chi connectivity index (χ0n) is 10.0. The van der Waals surface area contributed by atoms with Crippen LogP contribution in [0.4, 0.5) is 14.4 Å². The molecule has 18 heavy (non-hydrogen) atoms. The van der Waals surface area contributed by atoms with Crippen molar-refractivity contribution in [3.63, 3.8) is 0 Å². The molecule has 0 saturated carbocycles. The minimum atomic E-state index is -2.33. The Morgan fingerprint density at radius 1 is 0.778 bits per heavy atom. The average Bonchev–Trinajstić information content (AvgIpc) is 1.54. The van der Waals surface area contributed by atoms with E-state index in [4.69, 9.17) is 45.0 Å². The maximum absolute atomic E-state index is 8.44. The van der Waals surface area contributed by atoms with Crippen LogP contribution >= 0.6 is 0 Å². The van der Waals surface area contributed by atoms with Crippen molar-refractivity contribution in [2.24, 2.45) is 0 Å². The standard InChI is InChI=1S/3CH2O3.K.Mg.2Na.O.Zn/c3*2-1(3)4;;;;;;/h3*(H2,2,3,4);;;;;;/q;;;+1;+2;2*+1;-2;+2/p-5. The second-order valence-electron chi connectivity index (χ2n) is 0.766. The van der Waals surface area contributed by atoms with Gasteiger partial charge in [-0.05, 0) is 12.3 Å². The molecule has 0 spiro atoms. The van der Waals surface area contributed by atoms with Gasteiger partial charge in [0.2, 0.25) is 6.16 Å². The zero-order valence-corrected chi connectivity index (χ0v) is 21.5. The number of carboxylic acid groups (broad SMARTS) is 6. The van der Waals surface area contributed by atoms with E-state index in [-0.39, 0.29) is 159 Å². The predicted molar refractivity (Wildman–Crippen MR) is 25.3 cm³/mol. The Kier molecular flexibility index (Phi) is 164. The first-order valence-electron chi connectivity index (χ1n) is 1.86. The monoisotopic (exact) mass is 370 g/mol. The number of carbonyl (C=O) groups is 3. The first-order valence-corrected chi connectivity index (χ1v) is 1.86. The second kappa shape index (κ2) is 50.3. The molecule has 0 aliphatic carbocycles. The second-order valence-corrected chi connectivity index (χ2v) is 0.766. The van der Waals surface area contributed by atoms with Gasteiger partial charge in [0.1, 0.15) is 0 Å². The Bertz CT molecular complexity index is 133. The molecular weight excluding hydrogens is 371 g/mol. The molecule has 0 aromatic heterocycles. The van der Waals surface area contributed by atoms with E-state index in [2.05, 4.69) is 0 Å². The largest absolute Gasteiger partial charge is 2.00 e. The van der Waals surface area contributed by atoms with Gasteiger partial charge in [-0.25, -0.2) is 0 Å². The Morgan fingerprint density at radius 3 is 0.778 bits per heavy atom. The molecule has 80 valence electrons. The summed E-state index contributed by atoms with van der Waals surface area (Å²) in [6, 6.07) is 0. The molecule has 0 unspecified atom stereocenters. The molecule has 0 aromatic carbocycles. The Labute approximate surface area is 217 Å². The van der Waals surface area contributed by atoms with Gasteiger partial charge in [0, 0.05) is 0 Å². The van der Waals surface area contributed by atoms with Crippen LogP contribution in [0, 0.1) is 0 Å². The molecule has 0 rings (SSSR count). The topological polar surface area (TPSA) is 215 Å². The summed E-state index contributed by atoms with van der Waals surface area (Å²) in [5.74, 6) is 0. The maximum Gasteiger partial charge on any atom is 2.00 e. The van der Waals surface area contributed by atoms with Crippen LogP contribution < -0.4 is 136 Å². The van der Waals surface area contributed by atoms with Crippen LogP contribution in [0.3, 0.4) is 0 Å². The van der Waals surface area contributed by atoms with Gasteiger partial charge in [-0.3, -0.25) is 0 Å². The molecule has 15 heteroatoms. The van der Waals surface area contributed by atoms with Gasteiger partial charge in [0.25, 0.3) is 0 Å². The number of hydrogen-bond donors (Lipinski definition) is 1. The van der Waals surface area contributed by atoms with Gasteiger partial charge >= 0.3 is 153 Å². The molecule has 0 aromatic rings. The molecule has 0 aliphatic rings. The predicted octanol–water partition coefficient (Wildman–Crippen LogP) is -15.5. The smallest absolute Gasteiger partial charge is 2.00 e. The summed E-state index contributed by atoms with van der Waals surface area (Å²) in [5, 5.41) is 48.6. The summed E-state index contributed by atoms with van der Waals surface area (Å²) in [6.07, 6.45) is -6.75. The number of hydrogen-bond acceptors (Lipinski definition) is 8.